The van der Waals surface area contributed by atoms with Gasteiger partial charge in [-0.25, -0.2) is 4.98 Å². The number of aliphatic imine (C=N–C) groups is 1. The Hall–Kier alpha value is -0.790. The summed E-state index contributed by atoms with van der Waals surface area (Å²) in [7, 11) is 0. The first-order valence-electron chi connectivity index (χ1n) is 7.80. The summed E-state index contributed by atoms with van der Waals surface area (Å²) < 4.78 is 2.17. The molecule has 1 heterocycles. The predicted octanol–water partition coefficient (Wildman–Crippen LogP) is 2.83. The van der Waals surface area contributed by atoms with Gasteiger partial charge in [0.05, 0.1) is 0 Å². The Balaban J connectivity index is 0.00000220. The van der Waals surface area contributed by atoms with Crippen molar-refractivity contribution in [2.75, 3.05) is 6.54 Å². The molecule has 1 aromatic rings. The Bertz CT molecular complexity index is 423. The van der Waals surface area contributed by atoms with Crippen LogP contribution in [0.4, 0.5) is 0 Å². The fraction of sp³-hybridized carbons (Fsp3) is 0.733. The number of halogens is 1. The number of aromatic nitrogens is 2. The maximum Gasteiger partial charge on any atom is 0.188 e. The molecule has 0 saturated heterocycles. The highest BCUT2D eigenvalue weighted by Crippen LogP contribution is 2.16. The molecule has 5 nitrogen and oxygen atoms in total. The third-order valence-electron chi connectivity index (χ3n) is 3.97. The van der Waals surface area contributed by atoms with E-state index in [0.29, 0.717) is 12.0 Å². The smallest absolute Gasteiger partial charge is 0.188 e. The average Bonchev–Trinajstić information content (AvgIpc) is 2.85. The molecule has 0 unspecified atom stereocenters. The highest BCUT2D eigenvalue weighted by Gasteiger charge is 2.12. The zero-order valence-corrected chi connectivity index (χ0v) is 15.3. The van der Waals surface area contributed by atoms with Gasteiger partial charge in [-0.1, -0.05) is 19.3 Å². The molecule has 3 N–H and O–H groups in total. The van der Waals surface area contributed by atoms with Crippen LogP contribution in [0.2, 0.25) is 0 Å². The Morgan fingerprint density at radius 2 is 2.14 bits per heavy atom. The molecule has 1 aromatic heterocycles. The van der Waals surface area contributed by atoms with Gasteiger partial charge in [-0.3, -0.25) is 4.99 Å². The van der Waals surface area contributed by atoms with Crippen molar-refractivity contribution in [2.24, 2.45) is 10.7 Å². The molecule has 21 heavy (non-hydrogen) atoms. The van der Waals surface area contributed by atoms with Crippen molar-refractivity contribution in [1.82, 2.24) is 14.9 Å². The maximum atomic E-state index is 5.93. The van der Waals surface area contributed by atoms with Crippen molar-refractivity contribution in [3.63, 3.8) is 0 Å². The summed E-state index contributed by atoms with van der Waals surface area (Å²) >= 11 is 0. The molecule has 0 amide bonds. The van der Waals surface area contributed by atoms with Crippen molar-refractivity contribution >= 4 is 29.9 Å². The minimum Gasteiger partial charge on any atom is -0.370 e. The predicted molar refractivity (Wildman–Crippen MR) is 98.1 cm³/mol. The van der Waals surface area contributed by atoms with E-state index in [1.807, 2.05) is 19.3 Å². The molecule has 0 spiro atoms. The lowest BCUT2D eigenvalue weighted by atomic mass is 9.96. The molecule has 1 fully saturated rings. The molecule has 0 bridgehead atoms. The summed E-state index contributed by atoms with van der Waals surface area (Å²) in [5.41, 5.74) is 5.93. The SMILES string of the molecule is Cc1nccn1CCCCN=C(N)NC1CCCCC1.I. The number of guanidine groups is 1. The number of hydrogen-bond acceptors (Lipinski definition) is 2. The molecule has 1 aliphatic rings. The summed E-state index contributed by atoms with van der Waals surface area (Å²) in [4.78, 5) is 8.63. The van der Waals surface area contributed by atoms with Gasteiger partial charge in [0.15, 0.2) is 5.96 Å². The van der Waals surface area contributed by atoms with Crippen LogP contribution in [-0.4, -0.2) is 28.1 Å². The molecule has 0 radical (unpaired) electrons. The van der Waals surface area contributed by atoms with E-state index in [1.54, 1.807) is 0 Å². The maximum absolute atomic E-state index is 5.93. The molecule has 2 rings (SSSR count). The monoisotopic (exact) mass is 405 g/mol. The highest BCUT2D eigenvalue weighted by atomic mass is 127. The summed E-state index contributed by atoms with van der Waals surface area (Å²) in [6.45, 7) is 3.85. The van der Waals surface area contributed by atoms with Crippen LogP contribution in [0.15, 0.2) is 17.4 Å². The fourth-order valence-electron chi connectivity index (χ4n) is 2.74. The Labute approximate surface area is 144 Å². The first kappa shape index (κ1) is 18.3. The number of rotatable bonds is 6. The number of nitrogens with two attached hydrogens (primary N) is 1. The molecule has 0 aliphatic heterocycles. The highest BCUT2D eigenvalue weighted by molar-refractivity contribution is 14.0. The minimum atomic E-state index is 0. The lowest BCUT2D eigenvalue weighted by Gasteiger charge is -2.23. The largest absolute Gasteiger partial charge is 0.370 e. The van der Waals surface area contributed by atoms with E-state index < -0.39 is 0 Å². The number of unbranched alkanes of at least 4 members (excludes halogenated alkanes) is 1. The minimum absolute atomic E-state index is 0. The number of aryl methyl sites for hydroxylation is 2. The van der Waals surface area contributed by atoms with Crippen LogP contribution in [0, 0.1) is 6.92 Å². The van der Waals surface area contributed by atoms with E-state index in [-0.39, 0.29) is 24.0 Å². The van der Waals surface area contributed by atoms with Gasteiger partial charge in [-0.2, -0.15) is 0 Å². The van der Waals surface area contributed by atoms with Crippen molar-refractivity contribution in [3.05, 3.63) is 18.2 Å². The van der Waals surface area contributed by atoms with Crippen LogP contribution in [0.25, 0.3) is 0 Å². The van der Waals surface area contributed by atoms with Gasteiger partial charge in [-0.15, -0.1) is 24.0 Å². The van der Waals surface area contributed by atoms with Gasteiger partial charge in [-0.05, 0) is 32.6 Å². The second-order valence-electron chi connectivity index (χ2n) is 5.62. The third kappa shape index (κ3) is 6.67. The van der Waals surface area contributed by atoms with Crippen LogP contribution in [-0.2, 0) is 6.54 Å². The fourth-order valence-corrected chi connectivity index (χ4v) is 2.74. The summed E-state index contributed by atoms with van der Waals surface area (Å²) in [5.74, 6) is 1.70. The summed E-state index contributed by atoms with van der Waals surface area (Å²) in [6, 6.07) is 0.543. The average molecular weight is 405 g/mol. The Morgan fingerprint density at radius 3 is 2.81 bits per heavy atom. The second kappa shape index (κ2) is 10.0. The van der Waals surface area contributed by atoms with Gasteiger partial charge in [0.2, 0.25) is 0 Å². The topological polar surface area (TPSA) is 68.2 Å². The van der Waals surface area contributed by atoms with Crippen LogP contribution < -0.4 is 11.1 Å². The van der Waals surface area contributed by atoms with Crippen LogP contribution in [0.1, 0.15) is 50.8 Å². The standard InChI is InChI=1S/C15H27N5.HI/c1-13-17-10-12-20(13)11-6-5-9-18-15(16)19-14-7-3-2-4-8-14;/h10,12,14H,2-9,11H2,1H3,(H3,16,18,19);1H. The molecule has 0 aromatic carbocycles. The van der Waals surface area contributed by atoms with Gasteiger partial charge in [0.1, 0.15) is 5.82 Å². The van der Waals surface area contributed by atoms with Crippen molar-refractivity contribution in [1.29, 1.82) is 0 Å². The van der Waals surface area contributed by atoms with Gasteiger partial charge in [0, 0.05) is 31.5 Å². The molecule has 1 aliphatic carbocycles. The second-order valence-corrected chi connectivity index (χ2v) is 5.62. The van der Waals surface area contributed by atoms with Gasteiger partial charge >= 0.3 is 0 Å². The van der Waals surface area contributed by atoms with E-state index in [2.05, 4.69) is 19.9 Å². The van der Waals surface area contributed by atoms with Gasteiger partial charge in [0.25, 0.3) is 0 Å². The van der Waals surface area contributed by atoms with Crippen LogP contribution in [0.3, 0.4) is 0 Å². The molecule has 6 heteroatoms. The van der Waals surface area contributed by atoms with Crippen LogP contribution >= 0.6 is 24.0 Å². The van der Waals surface area contributed by atoms with E-state index in [1.165, 1.54) is 32.1 Å². The van der Waals surface area contributed by atoms with E-state index in [0.717, 1.165) is 31.8 Å². The molecule has 1 saturated carbocycles. The van der Waals surface area contributed by atoms with Crippen molar-refractivity contribution in [3.8, 4) is 0 Å². The zero-order chi connectivity index (χ0) is 14.2. The molecular formula is C15H28IN5. The molecular weight excluding hydrogens is 377 g/mol. The number of hydrogen-bond donors (Lipinski definition) is 2. The van der Waals surface area contributed by atoms with Gasteiger partial charge < -0.3 is 15.6 Å². The van der Waals surface area contributed by atoms with Crippen LogP contribution in [0.5, 0.6) is 0 Å². The summed E-state index contributed by atoms with van der Waals surface area (Å²) in [6.07, 6.45) is 12.5. The lowest BCUT2D eigenvalue weighted by Crippen LogP contribution is -2.41. The Kier molecular flexibility index (Phi) is 8.72. The lowest BCUT2D eigenvalue weighted by molar-refractivity contribution is 0.412. The normalized spacial score (nSPS) is 16.5. The quantitative estimate of drug-likeness (QED) is 0.331. The number of nitrogens with one attached hydrogen (secondary N) is 1. The Morgan fingerprint density at radius 1 is 1.38 bits per heavy atom. The molecule has 120 valence electrons. The number of nitrogens with zero attached hydrogens (tertiary/aromatic N) is 3. The van der Waals surface area contributed by atoms with Crippen molar-refractivity contribution in [2.45, 2.75) is 64.5 Å². The van der Waals surface area contributed by atoms with E-state index in [4.69, 9.17) is 5.73 Å². The first-order valence-corrected chi connectivity index (χ1v) is 7.80. The summed E-state index contributed by atoms with van der Waals surface area (Å²) in [5, 5.41) is 3.34. The molecule has 0 atom stereocenters. The van der Waals surface area contributed by atoms with E-state index in [9.17, 15) is 0 Å². The number of imidazole rings is 1. The first-order chi connectivity index (χ1) is 9.75. The van der Waals surface area contributed by atoms with E-state index >= 15 is 0 Å². The third-order valence-corrected chi connectivity index (χ3v) is 3.97. The zero-order valence-electron chi connectivity index (χ0n) is 12.9. The van der Waals surface area contributed by atoms with Crippen molar-refractivity contribution < 1.29 is 0 Å².